The molecule has 0 aromatic carbocycles. The minimum Gasteiger partial charge on any atom is -0.369 e. The maximum atomic E-state index is 12.7. The fourth-order valence-corrected chi connectivity index (χ4v) is 3.34. The molecule has 2 atom stereocenters. The van der Waals surface area contributed by atoms with Crippen LogP contribution in [-0.2, 0) is 11.2 Å². The van der Waals surface area contributed by atoms with Gasteiger partial charge in [0.15, 0.2) is 5.69 Å². The highest BCUT2D eigenvalue weighted by atomic mass is 16.5. The lowest BCUT2D eigenvalue weighted by Crippen LogP contribution is -2.49. The Labute approximate surface area is 128 Å². The number of H-pyrrole nitrogens is 2. The Kier molecular flexibility index (Phi) is 3.04. The number of aromatic amines is 2. The number of fused-ring (bicyclic) bond motifs is 1. The van der Waals surface area contributed by atoms with E-state index in [4.69, 9.17) is 4.74 Å². The Morgan fingerprint density at radius 1 is 1.36 bits per heavy atom. The second kappa shape index (κ2) is 4.95. The van der Waals surface area contributed by atoms with Gasteiger partial charge in [0.1, 0.15) is 0 Å². The standard InChI is InChI=1S/C15H19N5O2/c1-8-5-11-13(9(2)22-8)18-19-14(11)15(21)20-6-10(7-20)12-3-4-16-17-12/h3-4,8-10H,5-7H2,1-2H3,(H,16,17)(H,18,19)/t8-,9+/m1/s1. The van der Waals surface area contributed by atoms with E-state index in [1.165, 1.54) is 0 Å². The third kappa shape index (κ3) is 2.04. The van der Waals surface area contributed by atoms with Gasteiger partial charge in [-0.15, -0.1) is 0 Å². The van der Waals surface area contributed by atoms with E-state index in [0.29, 0.717) is 24.7 Å². The summed E-state index contributed by atoms with van der Waals surface area (Å²) in [6.07, 6.45) is 2.55. The zero-order chi connectivity index (χ0) is 15.3. The first kappa shape index (κ1) is 13.5. The summed E-state index contributed by atoms with van der Waals surface area (Å²) in [6.45, 7) is 5.44. The molecule has 2 aromatic heterocycles. The van der Waals surface area contributed by atoms with E-state index < -0.39 is 0 Å². The molecule has 1 fully saturated rings. The lowest BCUT2D eigenvalue weighted by Gasteiger charge is -2.38. The quantitative estimate of drug-likeness (QED) is 0.877. The van der Waals surface area contributed by atoms with Crippen LogP contribution in [0.2, 0.25) is 0 Å². The van der Waals surface area contributed by atoms with E-state index in [2.05, 4.69) is 20.4 Å². The van der Waals surface area contributed by atoms with Crippen molar-refractivity contribution in [3.8, 4) is 0 Å². The first-order valence-corrected chi connectivity index (χ1v) is 7.64. The van der Waals surface area contributed by atoms with Gasteiger partial charge < -0.3 is 9.64 Å². The molecule has 2 aliphatic rings. The summed E-state index contributed by atoms with van der Waals surface area (Å²) in [6, 6.07) is 1.96. The van der Waals surface area contributed by atoms with Crippen molar-refractivity contribution in [1.29, 1.82) is 0 Å². The number of hydrogen-bond acceptors (Lipinski definition) is 4. The van der Waals surface area contributed by atoms with Crippen LogP contribution in [0.25, 0.3) is 0 Å². The van der Waals surface area contributed by atoms with E-state index >= 15 is 0 Å². The van der Waals surface area contributed by atoms with Crippen LogP contribution in [0.3, 0.4) is 0 Å². The molecule has 0 radical (unpaired) electrons. The minimum absolute atomic E-state index is 0.00886. The van der Waals surface area contributed by atoms with Gasteiger partial charge in [0.25, 0.3) is 5.91 Å². The molecule has 0 aliphatic carbocycles. The minimum atomic E-state index is -0.0399. The molecule has 22 heavy (non-hydrogen) atoms. The van der Waals surface area contributed by atoms with Gasteiger partial charge in [-0.2, -0.15) is 10.2 Å². The van der Waals surface area contributed by atoms with Crippen LogP contribution in [0.1, 0.15) is 53.3 Å². The molecule has 2 aliphatic heterocycles. The van der Waals surface area contributed by atoms with Crippen LogP contribution in [0, 0.1) is 0 Å². The smallest absolute Gasteiger partial charge is 0.274 e. The number of hydrogen-bond donors (Lipinski definition) is 2. The van der Waals surface area contributed by atoms with Gasteiger partial charge in [-0.05, 0) is 19.9 Å². The molecular weight excluding hydrogens is 282 g/mol. The van der Waals surface area contributed by atoms with Crippen molar-refractivity contribution in [2.45, 2.75) is 38.4 Å². The molecule has 7 heteroatoms. The number of nitrogens with one attached hydrogen (secondary N) is 2. The molecule has 0 spiro atoms. The molecule has 0 saturated carbocycles. The Hall–Kier alpha value is -2.15. The third-order valence-electron chi connectivity index (χ3n) is 4.57. The monoisotopic (exact) mass is 301 g/mol. The predicted octanol–water partition coefficient (Wildman–Crippen LogP) is 1.39. The first-order chi connectivity index (χ1) is 10.6. The lowest BCUT2D eigenvalue weighted by molar-refractivity contribution is -0.00706. The van der Waals surface area contributed by atoms with Crippen LogP contribution in [0.15, 0.2) is 12.3 Å². The number of rotatable bonds is 2. The highest BCUT2D eigenvalue weighted by Crippen LogP contribution is 2.32. The average Bonchev–Trinajstić information content (AvgIpc) is 3.05. The van der Waals surface area contributed by atoms with Crippen molar-refractivity contribution in [2.24, 2.45) is 0 Å². The van der Waals surface area contributed by atoms with Gasteiger partial charge in [-0.1, -0.05) is 0 Å². The van der Waals surface area contributed by atoms with Crippen molar-refractivity contribution < 1.29 is 9.53 Å². The van der Waals surface area contributed by atoms with Gasteiger partial charge in [-0.25, -0.2) is 0 Å². The number of carbonyl (C=O) groups excluding carboxylic acids is 1. The maximum absolute atomic E-state index is 12.7. The molecule has 2 N–H and O–H groups in total. The third-order valence-corrected chi connectivity index (χ3v) is 4.57. The Morgan fingerprint density at radius 3 is 2.91 bits per heavy atom. The second-order valence-corrected chi connectivity index (χ2v) is 6.18. The number of nitrogens with zero attached hydrogens (tertiary/aromatic N) is 3. The molecule has 0 unspecified atom stereocenters. The van der Waals surface area contributed by atoms with Gasteiger partial charge in [0.2, 0.25) is 0 Å². The number of likely N-dealkylation sites (tertiary alicyclic amines) is 1. The zero-order valence-electron chi connectivity index (χ0n) is 12.7. The van der Waals surface area contributed by atoms with Gasteiger partial charge in [0.05, 0.1) is 17.9 Å². The Morgan fingerprint density at radius 2 is 2.18 bits per heavy atom. The molecule has 116 valence electrons. The largest absolute Gasteiger partial charge is 0.369 e. The SMILES string of the molecule is C[C@@H]1Cc2c(C(=O)N3CC(c4ccn[nH]4)C3)n[nH]c2[C@H](C)O1. The summed E-state index contributed by atoms with van der Waals surface area (Å²) in [5.41, 5.74) is 3.59. The van der Waals surface area contributed by atoms with Crippen molar-refractivity contribution in [3.05, 3.63) is 34.9 Å². The van der Waals surface area contributed by atoms with E-state index in [1.54, 1.807) is 6.20 Å². The van der Waals surface area contributed by atoms with Gasteiger partial charge in [0, 0.05) is 42.9 Å². The zero-order valence-corrected chi connectivity index (χ0v) is 12.7. The highest BCUT2D eigenvalue weighted by molar-refractivity contribution is 5.94. The highest BCUT2D eigenvalue weighted by Gasteiger charge is 2.37. The predicted molar refractivity (Wildman–Crippen MR) is 78.5 cm³/mol. The molecule has 1 amide bonds. The van der Waals surface area contributed by atoms with E-state index in [1.807, 2.05) is 24.8 Å². The lowest BCUT2D eigenvalue weighted by atomic mass is 9.94. The van der Waals surface area contributed by atoms with Crippen LogP contribution in [-0.4, -0.2) is 50.4 Å². The normalized spacial score (nSPS) is 24.9. The molecule has 1 saturated heterocycles. The molecular formula is C15H19N5O2. The van der Waals surface area contributed by atoms with Crippen molar-refractivity contribution in [3.63, 3.8) is 0 Å². The summed E-state index contributed by atoms with van der Waals surface area (Å²) in [4.78, 5) is 14.5. The number of ether oxygens (including phenoxy) is 1. The first-order valence-electron chi connectivity index (χ1n) is 7.64. The summed E-state index contributed by atoms with van der Waals surface area (Å²) in [7, 11) is 0. The molecule has 7 nitrogen and oxygen atoms in total. The Balaban J connectivity index is 1.51. The maximum Gasteiger partial charge on any atom is 0.274 e. The number of amides is 1. The topological polar surface area (TPSA) is 86.9 Å². The van der Waals surface area contributed by atoms with E-state index in [9.17, 15) is 4.79 Å². The number of aromatic nitrogens is 4. The molecule has 4 rings (SSSR count). The van der Waals surface area contributed by atoms with E-state index in [-0.39, 0.29) is 18.1 Å². The second-order valence-electron chi connectivity index (χ2n) is 6.18. The average molecular weight is 301 g/mol. The Bertz CT molecular complexity index is 687. The summed E-state index contributed by atoms with van der Waals surface area (Å²) < 4.78 is 5.77. The van der Waals surface area contributed by atoms with Crippen LogP contribution in [0.4, 0.5) is 0 Å². The van der Waals surface area contributed by atoms with Crippen LogP contribution >= 0.6 is 0 Å². The van der Waals surface area contributed by atoms with Crippen LogP contribution in [0.5, 0.6) is 0 Å². The fourth-order valence-electron chi connectivity index (χ4n) is 3.34. The number of carbonyl (C=O) groups is 1. The van der Waals surface area contributed by atoms with E-state index in [0.717, 1.165) is 23.4 Å². The molecule has 4 heterocycles. The van der Waals surface area contributed by atoms with Gasteiger partial charge in [-0.3, -0.25) is 15.0 Å². The van der Waals surface area contributed by atoms with Crippen molar-refractivity contribution >= 4 is 5.91 Å². The fraction of sp³-hybridized carbons (Fsp3) is 0.533. The van der Waals surface area contributed by atoms with Crippen molar-refractivity contribution in [2.75, 3.05) is 13.1 Å². The molecule has 0 bridgehead atoms. The van der Waals surface area contributed by atoms with Gasteiger partial charge >= 0.3 is 0 Å². The summed E-state index contributed by atoms with van der Waals surface area (Å²) in [5.74, 6) is 0.358. The summed E-state index contributed by atoms with van der Waals surface area (Å²) in [5, 5.41) is 14.2. The van der Waals surface area contributed by atoms with Crippen molar-refractivity contribution in [1.82, 2.24) is 25.3 Å². The molecule has 2 aromatic rings. The summed E-state index contributed by atoms with van der Waals surface area (Å²) >= 11 is 0. The van der Waals surface area contributed by atoms with Crippen LogP contribution < -0.4 is 0 Å².